The van der Waals surface area contributed by atoms with E-state index in [1.807, 2.05) is 0 Å². The van der Waals surface area contributed by atoms with E-state index < -0.39 is 9.84 Å². The summed E-state index contributed by atoms with van der Waals surface area (Å²) in [7, 11) is -1.65. The molecular formula is C20H27ClN2O4S. The maximum absolute atomic E-state index is 13.2. The first-order chi connectivity index (χ1) is 13.4. The van der Waals surface area contributed by atoms with E-state index in [4.69, 9.17) is 16.3 Å². The number of hydrogen-bond donors (Lipinski definition) is 0. The third-order valence-corrected chi connectivity index (χ3v) is 8.34. The number of methoxy groups -OCH3 is 1. The normalized spacial score (nSPS) is 28.8. The maximum Gasteiger partial charge on any atom is 0.241 e. The summed E-state index contributed by atoms with van der Waals surface area (Å²) in [5.74, 6) is 0.618. The molecule has 1 amide bonds. The number of piperazine rings is 1. The molecule has 2 saturated heterocycles. The molecular weight excluding hydrogens is 400 g/mol. The van der Waals surface area contributed by atoms with E-state index in [9.17, 15) is 13.2 Å². The van der Waals surface area contributed by atoms with Gasteiger partial charge in [0.05, 0.1) is 36.2 Å². The predicted molar refractivity (Wildman–Crippen MR) is 110 cm³/mol. The van der Waals surface area contributed by atoms with Gasteiger partial charge in [-0.2, -0.15) is 0 Å². The minimum Gasteiger partial charge on any atom is -0.495 e. The number of hydrogen-bond acceptors (Lipinski definition) is 5. The van der Waals surface area contributed by atoms with Gasteiger partial charge in [0.1, 0.15) is 5.75 Å². The first-order valence-electron chi connectivity index (χ1n) is 10.0. The van der Waals surface area contributed by atoms with Gasteiger partial charge in [-0.25, -0.2) is 8.42 Å². The van der Waals surface area contributed by atoms with Gasteiger partial charge in [-0.05, 0) is 31.0 Å². The Morgan fingerprint density at radius 1 is 1.07 bits per heavy atom. The Bertz CT molecular complexity index is 852. The second-order valence-corrected chi connectivity index (χ2v) is 10.7. The lowest BCUT2D eigenvalue weighted by molar-refractivity contribution is -0.124. The minimum atomic E-state index is -3.19. The standard InChI is InChI=1S/C20H27ClN2O4S/c1-27-19-9-8-15(10-16(19)21)23-18-13-28(25,26)12-17(18)22(11-20(23)24)14-6-4-2-3-5-7-14/h8-10,14,17-18H,2-7,11-13H2,1H3/t17-,18-/m0/s1. The number of carbonyl (C=O) groups excluding carboxylic acids is 1. The summed E-state index contributed by atoms with van der Waals surface area (Å²) < 4.78 is 30.3. The monoisotopic (exact) mass is 426 g/mol. The van der Waals surface area contributed by atoms with E-state index in [0.717, 1.165) is 25.7 Å². The van der Waals surface area contributed by atoms with Crippen molar-refractivity contribution in [3.05, 3.63) is 23.2 Å². The van der Waals surface area contributed by atoms with Crippen molar-refractivity contribution in [2.24, 2.45) is 0 Å². The Kier molecular flexibility index (Phi) is 5.60. The van der Waals surface area contributed by atoms with Crippen molar-refractivity contribution in [3.63, 3.8) is 0 Å². The zero-order valence-corrected chi connectivity index (χ0v) is 17.7. The quantitative estimate of drug-likeness (QED) is 0.695. The Balaban J connectivity index is 1.67. The summed E-state index contributed by atoms with van der Waals surface area (Å²) in [5.41, 5.74) is 0.642. The van der Waals surface area contributed by atoms with Gasteiger partial charge in [0, 0.05) is 17.8 Å². The van der Waals surface area contributed by atoms with E-state index in [2.05, 4.69) is 4.90 Å². The predicted octanol–water partition coefficient (Wildman–Crippen LogP) is 2.89. The highest BCUT2D eigenvalue weighted by molar-refractivity contribution is 7.91. The van der Waals surface area contributed by atoms with Crippen LogP contribution in [0.4, 0.5) is 5.69 Å². The molecule has 3 aliphatic rings. The van der Waals surface area contributed by atoms with Gasteiger partial charge < -0.3 is 9.64 Å². The fourth-order valence-electron chi connectivity index (χ4n) is 5.04. The van der Waals surface area contributed by atoms with Crippen molar-refractivity contribution >= 4 is 33.0 Å². The maximum atomic E-state index is 13.2. The van der Waals surface area contributed by atoms with Crippen LogP contribution >= 0.6 is 11.6 Å². The number of rotatable bonds is 3. The van der Waals surface area contributed by atoms with E-state index in [1.54, 1.807) is 23.1 Å². The van der Waals surface area contributed by atoms with Gasteiger partial charge in [-0.15, -0.1) is 0 Å². The highest BCUT2D eigenvalue weighted by atomic mass is 35.5. The molecule has 0 spiro atoms. The number of nitrogens with zero attached hydrogens (tertiary/aromatic N) is 2. The van der Waals surface area contributed by atoms with Crippen molar-refractivity contribution < 1.29 is 17.9 Å². The Morgan fingerprint density at radius 3 is 2.39 bits per heavy atom. The molecule has 0 unspecified atom stereocenters. The molecule has 2 atom stereocenters. The van der Waals surface area contributed by atoms with Gasteiger partial charge in [0.15, 0.2) is 9.84 Å². The molecule has 1 saturated carbocycles. The molecule has 0 radical (unpaired) electrons. The minimum absolute atomic E-state index is 0.0102. The van der Waals surface area contributed by atoms with Crippen LogP contribution in [-0.2, 0) is 14.6 Å². The fourth-order valence-corrected chi connectivity index (χ4v) is 7.25. The third-order valence-electron chi connectivity index (χ3n) is 6.34. The molecule has 8 heteroatoms. The zero-order chi connectivity index (χ0) is 19.9. The molecule has 0 bridgehead atoms. The van der Waals surface area contributed by atoms with Crippen LogP contribution in [-0.4, -0.2) is 62.5 Å². The summed E-state index contributed by atoms with van der Waals surface area (Å²) in [6, 6.07) is 4.99. The molecule has 28 heavy (non-hydrogen) atoms. The molecule has 1 aliphatic carbocycles. The summed E-state index contributed by atoms with van der Waals surface area (Å²) >= 11 is 6.27. The number of anilines is 1. The van der Waals surface area contributed by atoms with Crippen LogP contribution in [0.25, 0.3) is 0 Å². The number of sulfone groups is 1. The van der Waals surface area contributed by atoms with E-state index in [1.165, 1.54) is 20.0 Å². The number of halogens is 1. The first kappa shape index (κ1) is 20.0. The van der Waals surface area contributed by atoms with Crippen molar-refractivity contribution in [3.8, 4) is 5.75 Å². The number of benzene rings is 1. The van der Waals surface area contributed by atoms with Crippen LogP contribution in [0.5, 0.6) is 5.75 Å². The number of amides is 1. The summed E-state index contributed by atoms with van der Waals surface area (Å²) in [6.45, 7) is 0.269. The lowest BCUT2D eigenvalue weighted by Gasteiger charge is -2.46. The third kappa shape index (κ3) is 3.76. The lowest BCUT2D eigenvalue weighted by Crippen LogP contribution is -2.64. The number of carbonyl (C=O) groups is 1. The molecule has 2 aliphatic heterocycles. The van der Waals surface area contributed by atoms with E-state index >= 15 is 0 Å². The van der Waals surface area contributed by atoms with Crippen LogP contribution in [0.1, 0.15) is 38.5 Å². The summed E-state index contributed by atoms with van der Waals surface area (Å²) in [4.78, 5) is 17.0. The van der Waals surface area contributed by atoms with Gasteiger partial charge in [-0.1, -0.05) is 37.3 Å². The van der Waals surface area contributed by atoms with Crippen LogP contribution < -0.4 is 9.64 Å². The first-order valence-corrected chi connectivity index (χ1v) is 12.2. The molecule has 1 aromatic rings. The molecule has 154 valence electrons. The van der Waals surface area contributed by atoms with Crippen LogP contribution in [0.3, 0.4) is 0 Å². The molecule has 0 N–H and O–H groups in total. The molecule has 6 nitrogen and oxygen atoms in total. The highest BCUT2D eigenvalue weighted by Crippen LogP contribution is 2.37. The van der Waals surface area contributed by atoms with Gasteiger partial charge in [0.2, 0.25) is 5.91 Å². The molecule has 4 rings (SSSR count). The smallest absolute Gasteiger partial charge is 0.241 e. The van der Waals surface area contributed by atoms with Gasteiger partial charge in [-0.3, -0.25) is 9.69 Å². The summed E-state index contributed by atoms with van der Waals surface area (Å²) in [5, 5.41) is 0.413. The van der Waals surface area contributed by atoms with Crippen LogP contribution in [0.15, 0.2) is 18.2 Å². The van der Waals surface area contributed by atoms with E-state index in [-0.39, 0.29) is 36.0 Å². The van der Waals surface area contributed by atoms with Gasteiger partial charge >= 0.3 is 0 Å². The number of fused-ring (bicyclic) bond motifs is 1. The zero-order valence-electron chi connectivity index (χ0n) is 16.1. The van der Waals surface area contributed by atoms with Crippen molar-refractivity contribution in [2.45, 2.75) is 56.7 Å². The average Bonchev–Trinajstić information content (AvgIpc) is 2.82. The molecule has 2 heterocycles. The largest absolute Gasteiger partial charge is 0.495 e. The highest BCUT2D eigenvalue weighted by Gasteiger charge is 2.51. The average molecular weight is 427 g/mol. The Labute approximate surface area is 171 Å². The SMILES string of the molecule is COc1ccc(N2C(=O)CN(C3CCCCCC3)[C@H]3CS(=O)(=O)C[C@@H]32)cc1Cl. The van der Waals surface area contributed by atoms with Crippen LogP contribution in [0.2, 0.25) is 5.02 Å². The topological polar surface area (TPSA) is 66.9 Å². The number of ether oxygens (including phenoxy) is 1. The van der Waals surface area contributed by atoms with Crippen molar-refractivity contribution in [2.75, 3.05) is 30.1 Å². The molecule has 1 aromatic carbocycles. The van der Waals surface area contributed by atoms with Gasteiger partial charge in [0.25, 0.3) is 0 Å². The lowest BCUT2D eigenvalue weighted by atomic mass is 9.97. The Hall–Kier alpha value is -1.31. The molecule has 0 aromatic heterocycles. The second-order valence-electron chi connectivity index (χ2n) is 8.11. The fraction of sp³-hybridized carbons (Fsp3) is 0.650. The van der Waals surface area contributed by atoms with Crippen LogP contribution in [0, 0.1) is 0 Å². The molecule has 3 fully saturated rings. The Morgan fingerprint density at radius 2 is 1.75 bits per heavy atom. The van der Waals surface area contributed by atoms with Crippen molar-refractivity contribution in [1.82, 2.24) is 4.90 Å². The van der Waals surface area contributed by atoms with E-state index in [0.29, 0.717) is 22.5 Å². The van der Waals surface area contributed by atoms with Crippen molar-refractivity contribution in [1.29, 1.82) is 0 Å². The summed E-state index contributed by atoms with van der Waals surface area (Å²) in [6.07, 6.45) is 6.84. The second kappa shape index (κ2) is 7.84.